The molecular formula is C12H11ClN2S. The Kier molecular flexibility index (Phi) is 3.80. The molecule has 0 bridgehead atoms. The Bertz CT molecular complexity index is 471. The predicted octanol–water partition coefficient (Wildman–Crippen LogP) is 3.27. The molecule has 1 aromatic heterocycles. The highest BCUT2D eigenvalue weighted by Crippen LogP contribution is 2.19. The Morgan fingerprint density at radius 1 is 1.12 bits per heavy atom. The summed E-state index contributed by atoms with van der Waals surface area (Å²) in [6, 6.07) is 9.52. The van der Waals surface area contributed by atoms with E-state index in [4.69, 9.17) is 11.6 Å². The number of hydrogen-bond acceptors (Lipinski definition) is 3. The zero-order valence-electron chi connectivity index (χ0n) is 8.60. The van der Waals surface area contributed by atoms with Crippen LogP contribution >= 0.6 is 24.2 Å². The zero-order valence-corrected chi connectivity index (χ0v) is 10.2. The van der Waals surface area contributed by atoms with Crippen molar-refractivity contribution in [3.63, 3.8) is 0 Å². The van der Waals surface area contributed by atoms with Gasteiger partial charge >= 0.3 is 0 Å². The lowest BCUT2D eigenvalue weighted by atomic mass is 10.1. The number of aromatic nitrogens is 2. The van der Waals surface area contributed by atoms with Crippen LogP contribution in [0.25, 0.3) is 11.3 Å². The van der Waals surface area contributed by atoms with Crippen LogP contribution in [0.2, 0.25) is 5.02 Å². The summed E-state index contributed by atoms with van der Waals surface area (Å²) < 4.78 is 0. The molecule has 0 saturated carbocycles. The number of hydrogen-bond donors (Lipinski definition) is 1. The van der Waals surface area contributed by atoms with E-state index in [0.717, 1.165) is 34.3 Å². The third-order valence-corrected chi connectivity index (χ3v) is 2.66. The van der Waals surface area contributed by atoms with Gasteiger partial charge in [-0.05, 0) is 24.0 Å². The van der Waals surface area contributed by atoms with Crippen LogP contribution in [-0.4, -0.2) is 15.7 Å². The van der Waals surface area contributed by atoms with Gasteiger partial charge in [0, 0.05) is 23.2 Å². The van der Waals surface area contributed by atoms with Crippen LogP contribution in [0.4, 0.5) is 0 Å². The quantitative estimate of drug-likeness (QED) is 0.846. The molecule has 0 saturated heterocycles. The molecule has 0 amide bonds. The highest BCUT2D eigenvalue weighted by atomic mass is 35.5. The first-order valence-electron chi connectivity index (χ1n) is 4.98. The number of rotatable bonds is 3. The summed E-state index contributed by atoms with van der Waals surface area (Å²) in [6.07, 6.45) is 2.56. The summed E-state index contributed by atoms with van der Waals surface area (Å²) in [7, 11) is 0. The first kappa shape index (κ1) is 11.4. The summed E-state index contributed by atoms with van der Waals surface area (Å²) in [5.41, 5.74) is 1.97. The van der Waals surface area contributed by atoms with Gasteiger partial charge in [-0.25, -0.2) is 9.97 Å². The van der Waals surface area contributed by atoms with E-state index in [1.807, 2.05) is 30.3 Å². The monoisotopic (exact) mass is 250 g/mol. The van der Waals surface area contributed by atoms with Gasteiger partial charge in [0.25, 0.3) is 0 Å². The molecule has 1 aromatic carbocycles. The summed E-state index contributed by atoms with van der Waals surface area (Å²) in [5.74, 6) is 1.58. The van der Waals surface area contributed by atoms with Gasteiger partial charge in [0.15, 0.2) is 0 Å². The molecule has 0 aliphatic carbocycles. The van der Waals surface area contributed by atoms with Crippen LogP contribution in [0.15, 0.2) is 36.5 Å². The molecule has 1 heterocycles. The van der Waals surface area contributed by atoms with Crippen LogP contribution in [0.3, 0.4) is 0 Å². The molecule has 2 rings (SSSR count). The van der Waals surface area contributed by atoms with Gasteiger partial charge in [-0.15, -0.1) is 0 Å². The van der Waals surface area contributed by atoms with Crippen molar-refractivity contribution in [3.8, 4) is 11.3 Å². The van der Waals surface area contributed by atoms with Gasteiger partial charge in [-0.3, -0.25) is 0 Å². The van der Waals surface area contributed by atoms with E-state index >= 15 is 0 Å². The molecule has 0 unspecified atom stereocenters. The lowest BCUT2D eigenvalue weighted by molar-refractivity contribution is 0.953. The Hall–Kier alpha value is -1.06. The molecule has 4 heteroatoms. The molecule has 82 valence electrons. The second-order valence-electron chi connectivity index (χ2n) is 3.34. The molecule has 2 nitrogen and oxygen atoms in total. The van der Waals surface area contributed by atoms with Crippen molar-refractivity contribution in [2.24, 2.45) is 0 Å². The third kappa shape index (κ3) is 2.74. The minimum atomic E-state index is 0.730. The number of nitrogens with zero attached hydrogens (tertiary/aromatic N) is 2. The SMILES string of the molecule is SCCc1nccc(-c2ccc(Cl)cc2)n1. The smallest absolute Gasteiger partial charge is 0.129 e. The maximum atomic E-state index is 5.84. The van der Waals surface area contributed by atoms with Gasteiger partial charge in [0.05, 0.1) is 5.69 Å². The van der Waals surface area contributed by atoms with Crippen molar-refractivity contribution in [1.29, 1.82) is 0 Å². The van der Waals surface area contributed by atoms with E-state index in [1.54, 1.807) is 6.20 Å². The Balaban J connectivity index is 2.32. The molecule has 0 aliphatic rings. The second-order valence-corrected chi connectivity index (χ2v) is 4.22. The molecule has 0 spiro atoms. The summed E-state index contributed by atoms with van der Waals surface area (Å²) >= 11 is 10.0. The zero-order chi connectivity index (χ0) is 11.4. The Morgan fingerprint density at radius 3 is 2.56 bits per heavy atom. The van der Waals surface area contributed by atoms with Crippen molar-refractivity contribution in [2.45, 2.75) is 6.42 Å². The number of benzene rings is 1. The van der Waals surface area contributed by atoms with Gasteiger partial charge in [0.1, 0.15) is 5.82 Å². The van der Waals surface area contributed by atoms with Gasteiger partial charge < -0.3 is 0 Å². The van der Waals surface area contributed by atoms with Crippen LogP contribution in [0.5, 0.6) is 0 Å². The van der Waals surface area contributed by atoms with Crippen LogP contribution in [-0.2, 0) is 6.42 Å². The van der Waals surface area contributed by atoms with Crippen LogP contribution in [0, 0.1) is 0 Å². The van der Waals surface area contributed by atoms with E-state index in [2.05, 4.69) is 22.6 Å². The van der Waals surface area contributed by atoms with Gasteiger partial charge in [-0.1, -0.05) is 23.7 Å². The summed E-state index contributed by atoms with van der Waals surface area (Å²) in [6.45, 7) is 0. The molecular weight excluding hydrogens is 240 g/mol. The maximum Gasteiger partial charge on any atom is 0.129 e. The standard InChI is InChI=1S/C12H11ClN2S/c13-10-3-1-9(2-4-10)11-5-7-14-12(15-11)6-8-16/h1-5,7,16H,6,8H2. The Morgan fingerprint density at radius 2 is 1.88 bits per heavy atom. The van der Waals surface area contributed by atoms with Crippen molar-refractivity contribution < 1.29 is 0 Å². The minimum absolute atomic E-state index is 0.730. The fourth-order valence-corrected chi connectivity index (χ4v) is 1.73. The average Bonchev–Trinajstić information content (AvgIpc) is 2.31. The molecule has 0 aliphatic heterocycles. The topological polar surface area (TPSA) is 25.8 Å². The van der Waals surface area contributed by atoms with Crippen LogP contribution in [0.1, 0.15) is 5.82 Å². The Labute approximate surface area is 105 Å². The number of thiol groups is 1. The normalized spacial score (nSPS) is 10.4. The van der Waals surface area contributed by atoms with E-state index < -0.39 is 0 Å². The van der Waals surface area contributed by atoms with E-state index in [-0.39, 0.29) is 0 Å². The number of halogens is 1. The van der Waals surface area contributed by atoms with E-state index in [9.17, 15) is 0 Å². The molecule has 16 heavy (non-hydrogen) atoms. The second kappa shape index (κ2) is 5.32. The summed E-state index contributed by atoms with van der Waals surface area (Å²) in [5, 5.41) is 0.730. The van der Waals surface area contributed by atoms with Gasteiger partial charge in [0.2, 0.25) is 0 Å². The van der Waals surface area contributed by atoms with Crippen molar-refractivity contribution in [2.75, 3.05) is 5.75 Å². The van der Waals surface area contributed by atoms with E-state index in [0.29, 0.717) is 0 Å². The van der Waals surface area contributed by atoms with E-state index in [1.165, 1.54) is 0 Å². The highest BCUT2D eigenvalue weighted by Gasteiger charge is 2.01. The maximum absolute atomic E-state index is 5.84. The fourth-order valence-electron chi connectivity index (χ4n) is 1.40. The van der Waals surface area contributed by atoms with Crippen molar-refractivity contribution in [1.82, 2.24) is 9.97 Å². The molecule has 0 fully saturated rings. The van der Waals surface area contributed by atoms with Crippen molar-refractivity contribution >= 4 is 24.2 Å². The molecule has 2 aromatic rings. The minimum Gasteiger partial charge on any atom is -0.241 e. The molecule has 0 atom stereocenters. The number of aryl methyl sites for hydroxylation is 1. The average molecular weight is 251 g/mol. The van der Waals surface area contributed by atoms with Gasteiger partial charge in [-0.2, -0.15) is 12.6 Å². The van der Waals surface area contributed by atoms with Crippen LogP contribution < -0.4 is 0 Å². The lowest BCUT2D eigenvalue weighted by Crippen LogP contribution is -1.96. The predicted molar refractivity (Wildman–Crippen MR) is 70.0 cm³/mol. The van der Waals surface area contributed by atoms with Crippen molar-refractivity contribution in [3.05, 3.63) is 47.4 Å². The summed E-state index contributed by atoms with van der Waals surface area (Å²) in [4.78, 5) is 8.65. The first-order valence-corrected chi connectivity index (χ1v) is 5.99. The lowest BCUT2D eigenvalue weighted by Gasteiger charge is -2.02. The largest absolute Gasteiger partial charge is 0.241 e. The third-order valence-electron chi connectivity index (χ3n) is 2.18. The molecule has 0 radical (unpaired) electrons. The molecule has 0 N–H and O–H groups in total. The highest BCUT2D eigenvalue weighted by molar-refractivity contribution is 7.80. The fraction of sp³-hybridized carbons (Fsp3) is 0.167. The first-order chi connectivity index (χ1) is 7.79.